The maximum atomic E-state index is 11.7. The lowest BCUT2D eigenvalue weighted by Crippen LogP contribution is -2.32. The molecule has 0 saturated heterocycles. The van der Waals surface area contributed by atoms with Crippen molar-refractivity contribution in [2.75, 3.05) is 19.4 Å². The number of nitrogens with zero attached hydrogens (tertiary/aromatic N) is 2. The lowest BCUT2D eigenvalue weighted by atomic mass is 10.1. The average molecular weight is 248 g/mol. The minimum Gasteiger partial charge on any atom is -0.364 e. The summed E-state index contributed by atoms with van der Waals surface area (Å²) in [6, 6.07) is 7.42. The summed E-state index contributed by atoms with van der Waals surface area (Å²) in [7, 11) is 3.40. The van der Waals surface area contributed by atoms with Gasteiger partial charge >= 0.3 is 0 Å². The zero-order valence-electron chi connectivity index (χ0n) is 9.52. The van der Waals surface area contributed by atoms with Crippen molar-refractivity contribution in [1.29, 1.82) is 0 Å². The highest BCUT2D eigenvalue weighted by atomic mass is 32.1. The van der Waals surface area contributed by atoms with E-state index in [-0.39, 0.29) is 5.91 Å². The summed E-state index contributed by atoms with van der Waals surface area (Å²) < 4.78 is 0. The van der Waals surface area contributed by atoms with Crippen molar-refractivity contribution in [3.05, 3.63) is 29.8 Å². The molecule has 0 radical (unpaired) electrons. The Labute approximate surface area is 104 Å². The molecule has 0 atom stereocenters. The molecular formula is C11H12N4OS. The van der Waals surface area contributed by atoms with Crippen LogP contribution in [-0.2, 0) is 4.79 Å². The largest absolute Gasteiger partial charge is 0.364 e. The van der Waals surface area contributed by atoms with Crippen molar-refractivity contribution in [3.8, 4) is 0 Å². The maximum Gasteiger partial charge on any atom is 0.276 e. The number of hydrogen-bond acceptors (Lipinski definition) is 3. The lowest BCUT2D eigenvalue weighted by molar-refractivity contribution is -0.110. The molecule has 1 heterocycles. The molecule has 0 bridgehead atoms. The summed E-state index contributed by atoms with van der Waals surface area (Å²) >= 11 is 5.03. The number of para-hydroxylation sites is 1. The van der Waals surface area contributed by atoms with Gasteiger partial charge in [-0.05, 0) is 18.3 Å². The van der Waals surface area contributed by atoms with Crippen LogP contribution in [0.2, 0.25) is 0 Å². The van der Waals surface area contributed by atoms with Gasteiger partial charge < -0.3 is 10.6 Å². The average Bonchev–Trinajstić information content (AvgIpc) is 2.65. The highest BCUT2D eigenvalue weighted by Crippen LogP contribution is 2.22. The van der Waals surface area contributed by atoms with Gasteiger partial charge in [0.25, 0.3) is 5.91 Å². The van der Waals surface area contributed by atoms with Crippen LogP contribution in [0.5, 0.6) is 0 Å². The number of benzene rings is 1. The van der Waals surface area contributed by atoms with Crippen molar-refractivity contribution in [1.82, 2.24) is 10.3 Å². The lowest BCUT2D eigenvalue weighted by Gasteiger charge is -2.13. The molecule has 0 unspecified atom stereocenters. The number of carbonyl (C=O) groups excluding carboxylic acids is 1. The van der Waals surface area contributed by atoms with Crippen LogP contribution in [0, 0.1) is 0 Å². The van der Waals surface area contributed by atoms with Crippen molar-refractivity contribution >= 4 is 34.6 Å². The Morgan fingerprint density at radius 3 is 2.88 bits per heavy atom. The van der Waals surface area contributed by atoms with Crippen LogP contribution in [0.3, 0.4) is 0 Å². The van der Waals surface area contributed by atoms with E-state index in [1.54, 1.807) is 14.1 Å². The van der Waals surface area contributed by atoms with Gasteiger partial charge in [-0.1, -0.05) is 18.2 Å². The zero-order chi connectivity index (χ0) is 12.4. The standard InChI is InChI=1S/C11H12N4OS/c1-12-11(17)15(2)14-9-7-5-3-4-6-8(7)13-10(9)16/h3-6H,1-2H3,(H,12,17)(H,13,14,16). The Morgan fingerprint density at radius 2 is 2.18 bits per heavy atom. The van der Waals surface area contributed by atoms with Gasteiger partial charge in [0, 0.05) is 19.7 Å². The Bertz CT molecular complexity index is 512. The molecule has 0 fully saturated rings. The molecule has 0 saturated carbocycles. The third-order valence-electron chi connectivity index (χ3n) is 2.40. The predicted molar refractivity (Wildman–Crippen MR) is 71.0 cm³/mol. The third-order valence-corrected chi connectivity index (χ3v) is 2.87. The van der Waals surface area contributed by atoms with Crippen molar-refractivity contribution in [3.63, 3.8) is 0 Å². The predicted octanol–water partition coefficient (Wildman–Crippen LogP) is 0.779. The second-order valence-electron chi connectivity index (χ2n) is 3.53. The minimum absolute atomic E-state index is 0.211. The Hall–Kier alpha value is -1.95. The highest BCUT2D eigenvalue weighted by molar-refractivity contribution is 7.80. The number of hydrazone groups is 1. The summed E-state index contributed by atoms with van der Waals surface area (Å²) in [5.41, 5.74) is 1.95. The second kappa shape index (κ2) is 4.50. The number of thiocarbonyl (C=S) groups is 1. The van der Waals surface area contributed by atoms with Gasteiger partial charge in [-0.2, -0.15) is 5.10 Å². The van der Waals surface area contributed by atoms with Gasteiger partial charge in [-0.3, -0.25) is 4.79 Å². The van der Waals surface area contributed by atoms with E-state index in [0.29, 0.717) is 10.8 Å². The summed E-state index contributed by atoms with van der Waals surface area (Å²) in [5.74, 6) is -0.211. The van der Waals surface area contributed by atoms with Crippen molar-refractivity contribution in [2.24, 2.45) is 5.10 Å². The minimum atomic E-state index is -0.211. The first-order valence-electron chi connectivity index (χ1n) is 5.08. The second-order valence-corrected chi connectivity index (χ2v) is 3.91. The maximum absolute atomic E-state index is 11.7. The molecule has 1 aromatic carbocycles. The number of amides is 1. The topological polar surface area (TPSA) is 56.7 Å². The molecule has 1 amide bonds. The molecule has 0 aliphatic carbocycles. The summed E-state index contributed by atoms with van der Waals surface area (Å²) in [4.78, 5) is 11.7. The SMILES string of the molecule is CNC(=S)N(C)/N=C1\C(=O)Nc2ccccc21. The quantitative estimate of drug-likeness (QED) is 0.569. The molecule has 2 N–H and O–H groups in total. The fraction of sp³-hybridized carbons (Fsp3) is 0.182. The van der Waals surface area contributed by atoms with E-state index >= 15 is 0 Å². The first-order valence-corrected chi connectivity index (χ1v) is 5.49. The van der Waals surface area contributed by atoms with E-state index < -0.39 is 0 Å². The van der Waals surface area contributed by atoms with Crippen molar-refractivity contribution in [2.45, 2.75) is 0 Å². The highest BCUT2D eigenvalue weighted by Gasteiger charge is 2.26. The van der Waals surface area contributed by atoms with E-state index in [2.05, 4.69) is 15.7 Å². The fourth-order valence-corrected chi connectivity index (χ4v) is 1.60. The van der Waals surface area contributed by atoms with Gasteiger partial charge in [0.2, 0.25) is 0 Å². The van der Waals surface area contributed by atoms with Gasteiger partial charge in [-0.25, -0.2) is 5.01 Å². The Morgan fingerprint density at radius 1 is 1.47 bits per heavy atom. The van der Waals surface area contributed by atoms with Gasteiger partial charge in [-0.15, -0.1) is 0 Å². The normalized spacial score (nSPS) is 15.4. The van der Waals surface area contributed by atoms with Crippen LogP contribution in [-0.4, -0.2) is 35.8 Å². The van der Waals surface area contributed by atoms with Gasteiger partial charge in [0.1, 0.15) is 0 Å². The summed E-state index contributed by atoms with van der Waals surface area (Å²) in [6.07, 6.45) is 0. The van der Waals surface area contributed by atoms with Gasteiger partial charge in [0.15, 0.2) is 10.8 Å². The summed E-state index contributed by atoms with van der Waals surface area (Å²) in [6.45, 7) is 0. The van der Waals surface area contributed by atoms with Gasteiger partial charge in [0.05, 0.1) is 5.69 Å². The van der Waals surface area contributed by atoms with E-state index in [9.17, 15) is 4.79 Å². The number of hydrogen-bond donors (Lipinski definition) is 2. The Kier molecular flexibility index (Phi) is 3.06. The number of carbonyl (C=O) groups is 1. The first kappa shape index (κ1) is 11.5. The molecule has 2 rings (SSSR count). The van der Waals surface area contributed by atoms with Crippen LogP contribution in [0.15, 0.2) is 29.4 Å². The first-order chi connectivity index (χ1) is 8.13. The van der Waals surface area contributed by atoms with E-state index in [1.807, 2.05) is 24.3 Å². The molecule has 17 heavy (non-hydrogen) atoms. The molecular weight excluding hydrogens is 236 g/mol. The number of nitrogens with one attached hydrogen (secondary N) is 2. The van der Waals surface area contributed by atoms with E-state index in [0.717, 1.165) is 11.3 Å². The van der Waals surface area contributed by atoms with E-state index in [4.69, 9.17) is 12.2 Å². The Balaban J connectivity index is 2.36. The number of fused-ring (bicyclic) bond motifs is 1. The molecule has 1 aliphatic heterocycles. The van der Waals surface area contributed by atoms with Crippen LogP contribution in [0.1, 0.15) is 5.56 Å². The molecule has 1 aromatic rings. The molecule has 1 aliphatic rings. The number of anilines is 1. The monoisotopic (exact) mass is 248 g/mol. The molecule has 5 nitrogen and oxygen atoms in total. The van der Waals surface area contributed by atoms with Crippen LogP contribution < -0.4 is 10.6 Å². The zero-order valence-corrected chi connectivity index (χ0v) is 10.3. The van der Waals surface area contributed by atoms with Crippen molar-refractivity contribution < 1.29 is 4.79 Å². The van der Waals surface area contributed by atoms with E-state index in [1.165, 1.54) is 5.01 Å². The smallest absolute Gasteiger partial charge is 0.276 e. The number of rotatable bonds is 1. The van der Waals surface area contributed by atoms with Crippen LogP contribution in [0.4, 0.5) is 5.69 Å². The molecule has 0 spiro atoms. The fourth-order valence-electron chi connectivity index (χ4n) is 1.56. The van der Waals surface area contributed by atoms with Crippen LogP contribution >= 0.6 is 12.2 Å². The summed E-state index contributed by atoms with van der Waals surface area (Å²) in [5, 5.41) is 11.7. The molecule has 0 aromatic heterocycles. The molecule has 88 valence electrons. The van der Waals surface area contributed by atoms with Crippen LogP contribution in [0.25, 0.3) is 0 Å². The third kappa shape index (κ3) is 2.12. The molecule has 6 heteroatoms.